The first-order valence-electron chi connectivity index (χ1n) is 10.1. The third kappa shape index (κ3) is 8.23. The van der Waals surface area contributed by atoms with E-state index in [1.807, 2.05) is 13.8 Å². The third-order valence-electron chi connectivity index (χ3n) is 4.56. The van der Waals surface area contributed by atoms with Crippen molar-refractivity contribution in [2.75, 3.05) is 6.61 Å². The molecule has 0 N–H and O–H groups in total. The average molecular weight is 359 g/mol. The Kier molecular flexibility index (Phi) is 10.3. The number of allylic oxidation sites excluding steroid dienone is 2. The first kappa shape index (κ1) is 22.5. The fourth-order valence-electron chi connectivity index (χ4n) is 3.03. The summed E-state index contributed by atoms with van der Waals surface area (Å²) in [6.07, 6.45) is 8.31. The molecule has 0 aromatic heterocycles. The summed E-state index contributed by atoms with van der Waals surface area (Å²) in [5.41, 5.74) is 2.57. The van der Waals surface area contributed by atoms with Gasteiger partial charge in [0.2, 0.25) is 0 Å². The molecule has 0 radical (unpaired) electrons. The molecule has 2 heteroatoms. The standard InChI is InChI=1S/C24H38O2/c1-8-10-11-21(9-2)17-25-20(7)26-23-14-12-22(13-15-23)24(19(5)6)16-18(3)4/h9-15,18-20,24H,8,16-17H2,1-7H3/b11-10-,21-9+. The van der Waals surface area contributed by atoms with E-state index in [0.29, 0.717) is 24.4 Å². The number of hydrogen-bond donors (Lipinski definition) is 0. The summed E-state index contributed by atoms with van der Waals surface area (Å²) in [7, 11) is 0. The van der Waals surface area contributed by atoms with Crippen molar-refractivity contribution in [3.05, 3.63) is 53.6 Å². The van der Waals surface area contributed by atoms with Crippen LogP contribution in [0.4, 0.5) is 0 Å². The minimum atomic E-state index is -0.276. The molecule has 1 rings (SSSR count). The molecule has 2 unspecified atom stereocenters. The molecular formula is C24H38O2. The van der Waals surface area contributed by atoms with E-state index in [1.54, 1.807) is 0 Å². The largest absolute Gasteiger partial charge is 0.465 e. The predicted molar refractivity (Wildman–Crippen MR) is 113 cm³/mol. The number of hydrogen-bond acceptors (Lipinski definition) is 2. The van der Waals surface area contributed by atoms with Crippen molar-refractivity contribution in [2.24, 2.45) is 11.8 Å². The molecule has 0 aliphatic heterocycles. The quantitative estimate of drug-likeness (QED) is 0.309. The highest BCUT2D eigenvalue weighted by Crippen LogP contribution is 2.32. The molecule has 2 nitrogen and oxygen atoms in total. The second-order valence-electron chi connectivity index (χ2n) is 7.72. The highest BCUT2D eigenvalue weighted by atomic mass is 16.7. The Hall–Kier alpha value is -1.54. The van der Waals surface area contributed by atoms with Gasteiger partial charge in [-0.05, 0) is 67.7 Å². The third-order valence-corrected chi connectivity index (χ3v) is 4.56. The first-order valence-corrected chi connectivity index (χ1v) is 10.1. The zero-order chi connectivity index (χ0) is 19.5. The summed E-state index contributed by atoms with van der Waals surface area (Å²) in [6.45, 7) is 15.9. The zero-order valence-corrected chi connectivity index (χ0v) is 17.8. The second kappa shape index (κ2) is 12.0. The summed E-state index contributed by atoms with van der Waals surface area (Å²) < 4.78 is 11.7. The summed E-state index contributed by atoms with van der Waals surface area (Å²) in [6, 6.07) is 8.55. The fourth-order valence-corrected chi connectivity index (χ4v) is 3.03. The maximum atomic E-state index is 5.92. The molecule has 2 atom stereocenters. The van der Waals surface area contributed by atoms with E-state index in [-0.39, 0.29) is 6.29 Å². The van der Waals surface area contributed by atoms with Crippen LogP contribution in [0.5, 0.6) is 5.75 Å². The van der Waals surface area contributed by atoms with Gasteiger partial charge in [-0.2, -0.15) is 0 Å². The monoisotopic (exact) mass is 358 g/mol. The topological polar surface area (TPSA) is 18.5 Å². The van der Waals surface area contributed by atoms with Crippen LogP contribution in [0.1, 0.15) is 72.8 Å². The molecule has 0 aliphatic carbocycles. The summed E-state index contributed by atoms with van der Waals surface area (Å²) >= 11 is 0. The summed E-state index contributed by atoms with van der Waals surface area (Å²) in [5.74, 6) is 2.80. The number of rotatable bonds is 11. The van der Waals surface area contributed by atoms with Gasteiger partial charge in [0.05, 0.1) is 6.61 Å². The van der Waals surface area contributed by atoms with Gasteiger partial charge in [-0.1, -0.05) is 65.0 Å². The Morgan fingerprint density at radius 2 is 1.69 bits per heavy atom. The van der Waals surface area contributed by atoms with E-state index in [4.69, 9.17) is 9.47 Å². The van der Waals surface area contributed by atoms with Gasteiger partial charge in [-0.3, -0.25) is 0 Å². The molecular weight excluding hydrogens is 320 g/mol. The van der Waals surface area contributed by atoms with Crippen LogP contribution in [-0.2, 0) is 4.74 Å². The van der Waals surface area contributed by atoms with Crippen LogP contribution in [0.2, 0.25) is 0 Å². The Labute approximate surface area is 161 Å². The molecule has 0 saturated carbocycles. The van der Waals surface area contributed by atoms with Crippen LogP contribution in [-0.4, -0.2) is 12.9 Å². The minimum Gasteiger partial charge on any atom is -0.465 e. The second-order valence-corrected chi connectivity index (χ2v) is 7.72. The van der Waals surface area contributed by atoms with E-state index in [1.165, 1.54) is 17.6 Å². The van der Waals surface area contributed by atoms with Crippen LogP contribution >= 0.6 is 0 Å². The van der Waals surface area contributed by atoms with Crippen LogP contribution in [0.3, 0.4) is 0 Å². The number of ether oxygens (including phenoxy) is 2. The predicted octanol–water partition coefficient (Wildman–Crippen LogP) is 7.13. The van der Waals surface area contributed by atoms with Gasteiger partial charge in [0.1, 0.15) is 5.75 Å². The van der Waals surface area contributed by atoms with Crippen LogP contribution in [0.15, 0.2) is 48.1 Å². The van der Waals surface area contributed by atoms with Crippen molar-refractivity contribution in [1.29, 1.82) is 0 Å². The van der Waals surface area contributed by atoms with E-state index < -0.39 is 0 Å². The highest BCUT2D eigenvalue weighted by Gasteiger charge is 2.17. The van der Waals surface area contributed by atoms with Gasteiger partial charge in [-0.25, -0.2) is 0 Å². The maximum absolute atomic E-state index is 5.92. The van der Waals surface area contributed by atoms with E-state index in [9.17, 15) is 0 Å². The summed E-state index contributed by atoms with van der Waals surface area (Å²) in [4.78, 5) is 0. The molecule has 0 bridgehead atoms. The van der Waals surface area contributed by atoms with Gasteiger partial charge < -0.3 is 9.47 Å². The average Bonchev–Trinajstić information content (AvgIpc) is 2.60. The van der Waals surface area contributed by atoms with Crippen molar-refractivity contribution in [3.8, 4) is 5.75 Å². The fraction of sp³-hybridized carbons (Fsp3) is 0.583. The Bertz CT molecular complexity index is 552. The summed E-state index contributed by atoms with van der Waals surface area (Å²) in [5, 5.41) is 0. The molecule has 0 fully saturated rings. The van der Waals surface area contributed by atoms with Crippen molar-refractivity contribution < 1.29 is 9.47 Å². The van der Waals surface area contributed by atoms with Gasteiger partial charge in [0.25, 0.3) is 0 Å². The Morgan fingerprint density at radius 1 is 1.04 bits per heavy atom. The SMILES string of the molecule is C/C=C(\C=C/CC)COC(C)Oc1ccc(C(CC(C)C)C(C)C)cc1. The van der Waals surface area contributed by atoms with Crippen molar-refractivity contribution >= 4 is 0 Å². The normalized spacial score (nSPS) is 15.0. The van der Waals surface area contributed by atoms with Crippen molar-refractivity contribution in [3.63, 3.8) is 0 Å². The van der Waals surface area contributed by atoms with Gasteiger partial charge >= 0.3 is 0 Å². The van der Waals surface area contributed by atoms with E-state index in [0.717, 1.165) is 12.2 Å². The maximum Gasteiger partial charge on any atom is 0.197 e. The molecule has 146 valence electrons. The van der Waals surface area contributed by atoms with Gasteiger partial charge in [0.15, 0.2) is 6.29 Å². The lowest BCUT2D eigenvalue weighted by Crippen LogP contribution is -2.17. The molecule has 1 aromatic rings. The minimum absolute atomic E-state index is 0.276. The van der Waals surface area contributed by atoms with Gasteiger partial charge in [-0.15, -0.1) is 0 Å². The molecule has 0 spiro atoms. The number of benzene rings is 1. The lowest BCUT2D eigenvalue weighted by molar-refractivity contribution is -0.0566. The molecule has 26 heavy (non-hydrogen) atoms. The Morgan fingerprint density at radius 3 is 2.19 bits per heavy atom. The van der Waals surface area contributed by atoms with Crippen LogP contribution in [0.25, 0.3) is 0 Å². The first-order chi connectivity index (χ1) is 12.4. The molecule has 0 aliphatic rings. The van der Waals surface area contributed by atoms with Crippen molar-refractivity contribution in [1.82, 2.24) is 0 Å². The van der Waals surface area contributed by atoms with E-state index >= 15 is 0 Å². The lowest BCUT2D eigenvalue weighted by atomic mass is 9.82. The molecule has 0 amide bonds. The molecule has 0 saturated heterocycles. The van der Waals surface area contributed by atoms with Gasteiger partial charge in [0, 0.05) is 0 Å². The van der Waals surface area contributed by atoms with Crippen LogP contribution in [0, 0.1) is 11.8 Å². The Balaban J connectivity index is 2.61. The highest BCUT2D eigenvalue weighted by molar-refractivity contribution is 5.30. The lowest BCUT2D eigenvalue weighted by Gasteiger charge is -2.24. The molecule has 0 heterocycles. The van der Waals surface area contributed by atoms with Crippen LogP contribution < -0.4 is 4.74 Å². The van der Waals surface area contributed by atoms with Crippen molar-refractivity contribution in [2.45, 2.75) is 73.5 Å². The van der Waals surface area contributed by atoms with E-state index in [2.05, 4.69) is 77.1 Å². The smallest absolute Gasteiger partial charge is 0.197 e. The zero-order valence-electron chi connectivity index (χ0n) is 17.8. The molecule has 1 aromatic carbocycles.